The first kappa shape index (κ1) is 12.8. The van der Waals surface area contributed by atoms with Crippen LogP contribution < -0.4 is 5.32 Å². The van der Waals surface area contributed by atoms with Crippen molar-refractivity contribution in [2.75, 3.05) is 0 Å². The SMILES string of the molecule is O=C(Cc1noc(C2CCC2)n1)NCc1ccccc1. The van der Waals surface area contributed by atoms with Gasteiger partial charge in [0.25, 0.3) is 0 Å². The van der Waals surface area contributed by atoms with Gasteiger partial charge in [0.15, 0.2) is 5.82 Å². The number of nitrogens with one attached hydrogen (secondary N) is 1. The van der Waals surface area contributed by atoms with Crippen molar-refractivity contribution in [2.24, 2.45) is 0 Å². The van der Waals surface area contributed by atoms with Crippen LogP contribution in [0.25, 0.3) is 0 Å². The molecule has 1 fully saturated rings. The van der Waals surface area contributed by atoms with Gasteiger partial charge in [-0.3, -0.25) is 4.79 Å². The van der Waals surface area contributed by atoms with Gasteiger partial charge in [-0.1, -0.05) is 41.9 Å². The van der Waals surface area contributed by atoms with E-state index in [1.807, 2.05) is 30.3 Å². The molecule has 1 amide bonds. The van der Waals surface area contributed by atoms with E-state index in [0.717, 1.165) is 18.4 Å². The zero-order chi connectivity index (χ0) is 13.8. The highest BCUT2D eigenvalue weighted by Crippen LogP contribution is 2.35. The van der Waals surface area contributed by atoms with Crippen LogP contribution in [0.1, 0.15) is 42.5 Å². The van der Waals surface area contributed by atoms with E-state index in [9.17, 15) is 4.79 Å². The Hall–Kier alpha value is -2.17. The van der Waals surface area contributed by atoms with Gasteiger partial charge in [0.1, 0.15) is 0 Å². The molecule has 0 spiro atoms. The minimum absolute atomic E-state index is 0.0881. The van der Waals surface area contributed by atoms with Crippen LogP contribution in [0, 0.1) is 0 Å². The number of carbonyl (C=O) groups is 1. The predicted octanol–water partition coefficient (Wildman–Crippen LogP) is 2.20. The zero-order valence-electron chi connectivity index (χ0n) is 11.2. The van der Waals surface area contributed by atoms with Crippen LogP contribution >= 0.6 is 0 Å². The van der Waals surface area contributed by atoms with E-state index in [4.69, 9.17) is 4.52 Å². The molecule has 1 heterocycles. The Balaban J connectivity index is 1.49. The maximum atomic E-state index is 11.8. The fraction of sp³-hybridized carbons (Fsp3) is 0.400. The van der Waals surface area contributed by atoms with Crippen molar-refractivity contribution in [2.45, 2.75) is 38.1 Å². The number of hydrogen-bond acceptors (Lipinski definition) is 4. The van der Waals surface area contributed by atoms with Gasteiger partial charge in [-0.05, 0) is 18.4 Å². The summed E-state index contributed by atoms with van der Waals surface area (Å²) in [5.41, 5.74) is 1.07. The second-order valence-electron chi connectivity index (χ2n) is 5.12. The molecule has 0 bridgehead atoms. The van der Waals surface area contributed by atoms with Crippen molar-refractivity contribution in [3.05, 3.63) is 47.6 Å². The molecule has 2 aromatic rings. The first-order valence-electron chi connectivity index (χ1n) is 6.94. The summed E-state index contributed by atoms with van der Waals surface area (Å²) in [7, 11) is 0. The number of benzene rings is 1. The molecule has 1 aliphatic carbocycles. The normalized spacial score (nSPS) is 14.8. The van der Waals surface area contributed by atoms with Crippen molar-refractivity contribution in [1.29, 1.82) is 0 Å². The number of nitrogens with zero attached hydrogens (tertiary/aromatic N) is 2. The molecule has 1 saturated carbocycles. The lowest BCUT2D eigenvalue weighted by atomic mass is 9.85. The van der Waals surface area contributed by atoms with Crippen molar-refractivity contribution < 1.29 is 9.32 Å². The van der Waals surface area contributed by atoms with Crippen LogP contribution in [-0.4, -0.2) is 16.0 Å². The fourth-order valence-electron chi connectivity index (χ4n) is 2.16. The fourth-order valence-corrected chi connectivity index (χ4v) is 2.16. The number of hydrogen-bond donors (Lipinski definition) is 1. The van der Waals surface area contributed by atoms with Gasteiger partial charge < -0.3 is 9.84 Å². The number of rotatable bonds is 5. The summed E-state index contributed by atoms with van der Waals surface area (Å²) in [6.45, 7) is 0.521. The van der Waals surface area contributed by atoms with E-state index in [1.54, 1.807) is 0 Å². The van der Waals surface area contributed by atoms with E-state index in [1.165, 1.54) is 6.42 Å². The molecule has 0 aliphatic heterocycles. The Kier molecular flexibility index (Phi) is 3.76. The third-order valence-electron chi connectivity index (χ3n) is 3.59. The summed E-state index contributed by atoms with van der Waals surface area (Å²) in [4.78, 5) is 16.1. The number of amides is 1. The molecular formula is C15H17N3O2. The minimum atomic E-state index is -0.0881. The third-order valence-corrected chi connectivity index (χ3v) is 3.59. The quantitative estimate of drug-likeness (QED) is 0.905. The van der Waals surface area contributed by atoms with Crippen LogP contribution in [0.15, 0.2) is 34.9 Å². The van der Waals surface area contributed by atoms with Gasteiger partial charge in [0.2, 0.25) is 11.8 Å². The average Bonchev–Trinajstić information content (AvgIpc) is 2.84. The maximum Gasteiger partial charge on any atom is 0.229 e. The van der Waals surface area contributed by atoms with Gasteiger partial charge in [0, 0.05) is 12.5 Å². The van der Waals surface area contributed by atoms with Crippen molar-refractivity contribution in [1.82, 2.24) is 15.5 Å². The van der Waals surface area contributed by atoms with E-state index < -0.39 is 0 Å². The molecule has 0 atom stereocenters. The number of carbonyl (C=O) groups excluding carboxylic acids is 1. The predicted molar refractivity (Wildman–Crippen MR) is 72.9 cm³/mol. The summed E-state index contributed by atoms with van der Waals surface area (Å²) >= 11 is 0. The standard InChI is InChI=1S/C15H17N3O2/c19-14(16-10-11-5-2-1-3-6-11)9-13-17-15(20-18-13)12-7-4-8-12/h1-3,5-6,12H,4,7-10H2,(H,16,19). The Morgan fingerprint density at radius 1 is 1.30 bits per heavy atom. The number of aromatic nitrogens is 2. The molecule has 0 saturated heterocycles. The van der Waals surface area contributed by atoms with E-state index in [0.29, 0.717) is 24.2 Å². The third kappa shape index (κ3) is 3.04. The van der Waals surface area contributed by atoms with Gasteiger partial charge in [0.05, 0.1) is 6.42 Å². The lowest BCUT2D eigenvalue weighted by Crippen LogP contribution is -2.25. The van der Waals surface area contributed by atoms with Crippen LogP contribution in [0.5, 0.6) is 0 Å². The minimum Gasteiger partial charge on any atom is -0.352 e. The Morgan fingerprint density at radius 2 is 2.10 bits per heavy atom. The average molecular weight is 271 g/mol. The lowest BCUT2D eigenvalue weighted by Gasteiger charge is -2.20. The molecule has 5 nitrogen and oxygen atoms in total. The molecule has 0 radical (unpaired) electrons. The molecule has 5 heteroatoms. The van der Waals surface area contributed by atoms with E-state index in [2.05, 4.69) is 15.5 Å². The van der Waals surface area contributed by atoms with Crippen LogP contribution in [0.4, 0.5) is 0 Å². The summed E-state index contributed by atoms with van der Waals surface area (Å²) in [6, 6.07) is 9.80. The Labute approximate surface area is 117 Å². The van der Waals surface area contributed by atoms with E-state index in [-0.39, 0.29) is 12.3 Å². The highest BCUT2D eigenvalue weighted by molar-refractivity contribution is 5.77. The highest BCUT2D eigenvalue weighted by Gasteiger charge is 2.25. The highest BCUT2D eigenvalue weighted by atomic mass is 16.5. The molecule has 104 valence electrons. The first-order valence-corrected chi connectivity index (χ1v) is 6.94. The van der Waals surface area contributed by atoms with Crippen LogP contribution in [0.3, 0.4) is 0 Å². The molecule has 20 heavy (non-hydrogen) atoms. The maximum absolute atomic E-state index is 11.8. The van der Waals surface area contributed by atoms with Gasteiger partial charge in [-0.25, -0.2) is 0 Å². The largest absolute Gasteiger partial charge is 0.352 e. The summed E-state index contributed by atoms with van der Waals surface area (Å²) in [5, 5.41) is 6.72. The van der Waals surface area contributed by atoms with Crippen LogP contribution in [-0.2, 0) is 17.8 Å². The molecule has 3 rings (SSSR count). The van der Waals surface area contributed by atoms with Crippen molar-refractivity contribution in [3.8, 4) is 0 Å². The monoisotopic (exact) mass is 271 g/mol. The summed E-state index contributed by atoms with van der Waals surface area (Å²) in [6.07, 6.45) is 3.62. The van der Waals surface area contributed by atoms with Crippen molar-refractivity contribution >= 4 is 5.91 Å². The lowest BCUT2D eigenvalue weighted by molar-refractivity contribution is -0.120. The second kappa shape index (κ2) is 5.86. The van der Waals surface area contributed by atoms with Crippen LogP contribution in [0.2, 0.25) is 0 Å². The molecule has 1 aromatic carbocycles. The molecular weight excluding hydrogens is 254 g/mol. The first-order chi connectivity index (χ1) is 9.81. The summed E-state index contributed by atoms with van der Waals surface area (Å²) < 4.78 is 5.19. The smallest absolute Gasteiger partial charge is 0.229 e. The summed E-state index contributed by atoms with van der Waals surface area (Å²) in [5.74, 6) is 1.47. The molecule has 1 N–H and O–H groups in total. The second-order valence-corrected chi connectivity index (χ2v) is 5.12. The van der Waals surface area contributed by atoms with Gasteiger partial charge in [-0.2, -0.15) is 4.98 Å². The zero-order valence-corrected chi connectivity index (χ0v) is 11.2. The molecule has 1 aromatic heterocycles. The van der Waals surface area contributed by atoms with Gasteiger partial charge in [-0.15, -0.1) is 0 Å². The molecule has 0 unspecified atom stereocenters. The molecule has 1 aliphatic rings. The van der Waals surface area contributed by atoms with Crippen molar-refractivity contribution in [3.63, 3.8) is 0 Å². The van der Waals surface area contributed by atoms with Gasteiger partial charge >= 0.3 is 0 Å². The Bertz CT molecular complexity index is 576. The Morgan fingerprint density at radius 3 is 2.80 bits per heavy atom. The topological polar surface area (TPSA) is 68.0 Å². The van der Waals surface area contributed by atoms with E-state index >= 15 is 0 Å².